The Kier molecular flexibility index (Phi) is 19.0. The van der Waals surface area contributed by atoms with E-state index in [0.717, 1.165) is 36.8 Å². The van der Waals surface area contributed by atoms with Crippen molar-refractivity contribution in [3.05, 3.63) is 70.8 Å². The Morgan fingerprint density at radius 2 is 1.06 bits per heavy atom. The summed E-state index contributed by atoms with van der Waals surface area (Å²) in [7, 11) is 0. The summed E-state index contributed by atoms with van der Waals surface area (Å²) in [5.41, 5.74) is 6.88. The average Bonchev–Trinajstić information content (AvgIpc) is 3.06. The second-order valence-electron chi connectivity index (χ2n) is 14.0. The van der Waals surface area contributed by atoms with Crippen LogP contribution in [0.4, 0.5) is 18.4 Å². The van der Waals surface area contributed by atoms with Gasteiger partial charge in [0.1, 0.15) is 11.2 Å². The lowest BCUT2D eigenvalue weighted by Crippen LogP contribution is -2.37. The van der Waals surface area contributed by atoms with Crippen molar-refractivity contribution in [1.29, 1.82) is 0 Å². The summed E-state index contributed by atoms with van der Waals surface area (Å²) in [4.78, 5) is 62.4. The molecule has 0 fully saturated rings. The first kappa shape index (κ1) is 44.6. The molecule has 0 aliphatic rings. The normalized spacial score (nSPS) is 11.2. The smallest absolute Gasteiger partial charge is 0.410 e. The standard InChI is InChI=1S/C20H28F2N2O4.C18H28N2O3/c1-5-6-11-24(19(27)28-20(2,3)4)13-14-7-9-15(10-8-14)16(25)12-23-18(26)17(21)22;1-5-6-11-20(17(22)23-18(2,3)4)13-14-7-9-15(10-8-14)16(21)12-19/h7-10,17H,5-6,11-13H2,1-4H3,(H,23,26);7-10H,5-6,11-13,19H2,1-4H3. The summed E-state index contributed by atoms with van der Waals surface area (Å²) in [6, 6.07) is 13.7. The molecule has 0 bridgehead atoms. The summed E-state index contributed by atoms with van der Waals surface area (Å²) >= 11 is 0. The van der Waals surface area contributed by atoms with Crippen molar-refractivity contribution in [2.45, 2.75) is 112 Å². The molecule has 2 rings (SSSR count). The molecule has 0 spiro atoms. The van der Waals surface area contributed by atoms with E-state index >= 15 is 0 Å². The summed E-state index contributed by atoms with van der Waals surface area (Å²) in [5, 5.41) is 1.88. The molecular formula is C38H56F2N4O7. The Morgan fingerprint density at radius 1 is 0.686 bits per heavy atom. The number of alkyl halides is 2. The van der Waals surface area contributed by atoms with Crippen LogP contribution in [0, 0.1) is 0 Å². The minimum atomic E-state index is -3.16. The van der Waals surface area contributed by atoms with E-state index in [2.05, 4.69) is 6.92 Å². The Balaban J connectivity index is 0.000000520. The number of benzene rings is 2. The van der Waals surface area contributed by atoms with Crippen LogP contribution in [-0.2, 0) is 27.4 Å². The van der Waals surface area contributed by atoms with E-state index < -0.39 is 42.0 Å². The third-order valence-electron chi connectivity index (χ3n) is 6.97. The Morgan fingerprint density at radius 3 is 1.37 bits per heavy atom. The van der Waals surface area contributed by atoms with Crippen molar-refractivity contribution in [2.75, 3.05) is 26.2 Å². The molecule has 11 nitrogen and oxygen atoms in total. The highest BCUT2D eigenvalue weighted by Gasteiger charge is 2.23. The first-order chi connectivity index (χ1) is 23.8. The van der Waals surface area contributed by atoms with Gasteiger partial charge in [-0.25, -0.2) is 9.59 Å². The van der Waals surface area contributed by atoms with Gasteiger partial charge in [0, 0.05) is 37.3 Å². The lowest BCUT2D eigenvalue weighted by molar-refractivity contribution is -0.131. The summed E-state index contributed by atoms with van der Waals surface area (Å²) in [6.45, 7) is 16.6. The fourth-order valence-electron chi connectivity index (χ4n) is 4.32. The number of carbonyl (C=O) groups excluding carboxylic acids is 5. The predicted molar refractivity (Wildman–Crippen MR) is 193 cm³/mol. The number of carbonyl (C=O) groups is 5. The molecule has 0 aromatic heterocycles. The number of rotatable bonds is 16. The fourth-order valence-corrected chi connectivity index (χ4v) is 4.32. The molecule has 0 radical (unpaired) electrons. The van der Waals surface area contributed by atoms with Gasteiger partial charge < -0.3 is 30.3 Å². The van der Waals surface area contributed by atoms with Crippen molar-refractivity contribution in [2.24, 2.45) is 5.73 Å². The van der Waals surface area contributed by atoms with Crippen LogP contribution in [0.25, 0.3) is 0 Å². The Labute approximate surface area is 301 Å². The third-order valence-corrected chi connectivity index (χ3v) is 6.97. The molecule has 0 saturated carbocycles. The van der Waals surface area contributed by atoms with Crippen molar-refractivity contribution < 1.29 is 42.2 Å². The number of hydrogen-bond donors (Lipinski definition) is 2. The largest absolute Gasteiger partial charge is 0.444 e. The first-order valence-electron chi connectivity index (χ1n) is 17.3. The summed E-state index contributed by atoms with van der Waals surface area (Å²) < 4.78 is 35.2. The lowest BCUT2D eigenvalue weighted by atomic mass is 10.1. The van der Waals surface area contributed by atoms with E-state index in [1.807, 2.05) is 45.1 Å². The van der Waals surface area contributed by atoms with Gasteiger partial charge in [0.2, 0.25) is 0 Å². The number of hydrogen-bond acceptors (Lipinski definition) is 8. The fraction of sp³-hybridized carbons (Fsp3) is 0.553. The second-order valence-corrected chi connectivity index (χ2v) is 14.0. The quantitative estimate of drug-likeness (QED) is 0.174. The molecule has 13 heteroatoms. The molecule has 0 atom stereocenters. The van der Waals surface area contributed by atoms with Crippen LogP contribution in [0.15, 0.2) is 48.5 Å². The topological polar surface area (TPSA) is 148 Å². The van der Waals surface area contributed by atoms with Crippen molar-refractivity contribution in [3.63, 3.8) is 0 Å². The molecule has 0 aliphatic carbocycles. The number of halogens is 2. The van der Waals surface area contributed by atoms with E-state index in [-0.39, 0.29) is 24.0 Å². The Hall–Kier alpha value is -4.39. The molecule has 0 heterocycles. The molecule has 3 amide bonds. The lowest BCUT2D eigenvalue weighted by Gasteiger charge is -2.27. The average molecular weight is 719 g/mol. The van der Waals surface area contributed by atoms with Gasteiger partial charge in [0.25, 0.3) is 5.91 Å². The van der Waals surface area contributed by atoms with Crippen LogP contribution in [0.3, 0.4) is 0 Å². The number of nitrogens with two attached hydrogens (primary N) is 1. The van der Waals surface area contributed by atoms with Gasteiger partial charge in [0.15, 0.2) is 11.6 Å². The minimum Gasteiger partial charge on any atom is -0.444 e. The van der Waals surface area contributed by atoms with Gasteiger partial charge >= 0.3 is 18.6 Å². The molecule has 2 aromatic carbocycles. The van der Waals surface area contributed by atoms with E-state index in [0.29, 0.717) is 31.7 Å². The van der Waals surface area contributed by atoms with Crippen LogP contribution in [0.5, 0.6) is 0 Å². The van der Waals surface area contributed by atoms with Crippen molar-refractivity contribution in [1.82, 2.24) is 15.1 Å². The highest BCUT2D eigenvalue weighted by Crippen LogP contribution is 2.16. The van der Waals surface area contributed by atoms with Gasteiger partial charge in [0.05, 0.1) is 13.1 Å². The number of ketones is 2. The molecular weight excluding hydrogens is 662 g/mol. The number of nitrogens with zero attached hydrogens (tertiary/aromatic N) is 2. The van der Waals surface area contributed by atoms with E-state index in [4.69, 9.17) is 15.2 Å². The summed E-state index contributed by atoms with van der Waals surface area (Å²) in [6.07, 6.45) is -0.191. The Bertz CT molecular complexity index is 1400. The minimum absolute atomic E-state index is 0.000119. The number of amides is 3. The zero-order valence-electron chi connectivity index (χ0n) is 31.4. The van der Waals surface area contributed by atoms with Crippen LogP contribution in [-0.4, -0.2) is 83.3 Å². The molecule has 2 aromatic rings. The zero-order chi connectivity index (χ0) is 38.8. The maximum atomic E-state index is 12.4. The summed E-state index contributed by atoms with van der Waals surface area (Å²) in [5.74, 6) is -2.05. The highest BCUT2D eigenvalue weighted by atomic mass is 19.3. The van der Waals surface area contributed by atoms with Gasteiger partial charge in [-0.1, -0.05) is 75.2 Å². The van der Waals surface area contributed by atoms with E-state index in [1.54, 1.807) is 67.0 Å². The van der Waals surface area contributed by atoms with Crippen LogP contribution in [0.1, 0.15) is 113 Å². The molecule has 0 unspecified atom stereocenters. The number of Topliss-reactive ketones (excluding diaryl/α,β-unsaturated/α-hetero) is 2. The third kappa shape index (κ3) is 18.4. The SMILES string of the molecule is CCCCN(Cc1ccc(C(=O)CN)cc1)C(=O)OC(C)(C)C.CCCCN(Cc1ccc(C(=O)CNC(=O)C(F)F)cc1)C(=O)OC(C)(C)C. The van der Waals surface area contributed by atoms with Crippen molar-refractivity contribution in [3.8, 4) is 0 Å². The van der Waals surface area contributed by atoms with Crippen LogP contribution >= 0.6 is 0 Å². The number of unbranched alkanes of at least 4 members (excludes halogenated alkanes) is 2. The monoisotopic (exact) mass is 718 g/mol. The molecule has 284 valence electrons. The molecule has 51 heavy (non-hydrogen) atoms. The highest BCUT2D eigenvalue weighted by molar-refractivity contribution is 5.99. The molecule has 3 N–H and O–H groups in total. The molecule has 0 aliphatic heterocycles. The van der Waals surface area contributed by atoms with Gasteiger partial charge in [-0.05, 0) is 65.5 Å². The first-order valence-corrected chi connectivity index (χ1v) is 17.3. The maximum absolute atomic E-state index is 12.4. The predicted octanol–water partition coefficient (Wildman–Crippen LogP) is 7.15. The zero-order valence-corrected chi connectivity index (χ0v) is 31.4. The van der Waals surface area contributed by atoms with Gasteiger partial charge in [-0.15, -0.1) is 0 Å². The maximum Gasteiger partial charge on any atom is 0.410 e. The van der Waals surface area contributed by atoms with E-state index in [9.17, 15) is 32.8 Å². The number of ether oxygens (including phenoxy) is 2. The van der Waals surface area contributed by atoms with Crippen LogP contribution < -0.4 is 11.1 Å². The molecule has 0 saturated heterocycles. The van der Waals surface area contributed by atoms with Gasteiger partial charge in [-0.3, -0.25) is 14.4 Å². The number of nitrogens with one attached hydrogen (secondary N) is 1. The van der Waals surface area contributed by atoms with E-state index in [1.165, 1.54) is 0 Å². The van der Waals surface area contributed by atoms with Crippen molar-refractivity contribution >= 4 is 29.7 Å². The van der Waals surface area contributed by atoms with Gasteiger partial charge in [-0.2, -0.15) is 8.78 Å². The second kappa shape index (κ2) is 21.7. The van der Waals surface area contributed by atoms with Crippen LogP contribution in [0.2, 0.25) is 0 Å².